The molecule has 0 bridgehead atoms. The summed E-state index contributed by atoms with van der Waals surface area (Å²) < 4.78 is 5.07. The first-order valence-electron chi connectivity index (χ1n) is 6.47. The highest BCUT2D eigenvalue weighted by molar-refractivity contribution is 5.95. The van der Waals surface area contributed by atoms with E-state index in [1.165, 1.54) is 6.07 Å². The first kappa shape index (κ1) is 13.6. The molecule has 1 fully saturated rings. The van der Waals surface area contributed by atoms with Gasteiger partial charge in [0.1, 0.15) is 6.26 Å². The molecular weight excluding hydrogens is 248 g/mol. The molecule has 1 aromatic rings. The topological polar surface area (TPSA) is 82.8 Å². The minimum absolute atomic E-state index is 0.00436. The Balaban J connectivity index is 2.12. The lowest BCUT2D eigenvalue weighted by Crippen LogP contribution is -2.45. The summed E-state index contributed by atoms with van der Waals surface area (Å²) >= 11 is 0. The lowest BCUT2D eigenvalue weighted by molar-refractivity contribution is 0.0622. The molecule has 1 aliphatic rings. The third-order valence-corrected chi connectivity index (χ3v) is 3.41. The van der Waals surface area contributed by atoms with Gasteiger partial charge in [-0.05, 0) is 32.9 Å². The number of furan rings is 1. The Morgan fingerprint density at radius 3 is 2.68 bits per heavy atom. The minimum atomic E-state index is -1.09. The SMILES string of the molecule is CCN(C(=O)c1cc(C(=O)O)co1)C1CCNCC1. The van der Waals surface area contributed by atoms with Crippen molar-refractivity contribution in [2.45, 2.75) is 25.8 Å². The van der Waals surface area contributed by atoms with Gasteiger partial charge in [0.05, 0.1) is 5.56 Å². The van der Waals surface area contributed by atoms with Crippen LogP contribution in [0.4, 0.5) is 0 Å². The van der Waals surface area contributed by atoms with Crippen LogP contribution in [0, 0.1) is 0 Å². The third kappa shape index (κ3) is 2.96. The monoisotopic (exact) mass is 266 g/mol. The summed E-state index contributed by atoms with van der Waals surface area (Å²) in [6.07, 6.45) is 2.92. The summed E-state index contributed by atoms with van der Waals surface area (Å²) in [6, 6.07) is 1.48. The average molecular weight is 266 g/mol. The maximum atomic E-state index is 12.3. The molecule has 104 valence electrons. The molecule has 0 saturated carbocycles. The fourth-order valence-corrected chi connectivity index (χ4v) is 2.39. The number of carboxylic acids is 1. The lowest BCUT2D eigenvalue weighted by Gasteiger charge is -2.33. The second kappa shape index (κ2) is 5.88. The van der Waals surface area contributed by atoms with E-state index in [1.807, 2.05) is 6.92 Å². The molecule has 1 aromatic heterocycles. The van der Waals surface area contributed by atoms with Crippen LogP contribution in [0.25, 0.3) is 0 Å². The predicted octanol–water partition coefficient (Wildman–Crippen LogP) is 1.19. The summed E-state index contributed by atoms with van der Waals surface area (Å²) in [4.78, 5) is 24.9. The van der Waals surface area contributed by atoms with Gasteiger partial charge in [0.15, 0.2) is 5.76 Å². The van der Waals surface area contributed by atoms with Crippen LogP contribution in [-0.4, -0.2) is 47.6 Å². The van der Waals surface area contributed by atoms with Crippen molar-refractivity contribution in [2.24, 2.45) is 0 Å². The first-order chi connectivity index (χ1) is 9.13. The summed E-state index contributed by atoms with van der Waals surface area (Å²) in [5.41, 5.74) is 0.00436. The van der Waals surface area contributed by atoms with E-state index in [-0.39, 0.29) is 23.3 Å². The van der Waals surface area contributed by atoms with Crippen molar-refractivity contribution in [3.05, 3.63) is 23.7 Å². The predicted molar refractivity (Wildman–Crippen MR) is 68.3 cm³/mol. The van der Waals surface area contributed by atoms with E-state index >= 15 is 0 Å². The Kier molecular flexibility index (Phi) is 4.21. The van der Waals surface area contributed by atoms with E-state index in [2.05, 4.69) is 5.32 Å². The van der Waals surface area contributed by atoms with Crippen LogP contribution in [-0.2, 0) is 0 Å². The number of amides is 1. The fraction of sp³-hybridized carbons (Fsp3) is 0.538. The number of carbonyl (C=O) groups is 2. The number of carbonyl (C=O) groups excluding carboxylic acids is 1. The number of rotatable bonds is 4. The summed E-state index contributed by atoms with van der Waals surface area (Å²) in [6.45, 7) is 4.30. The van der Waals surface area contributed by atoms with Crippen molar-refractivity contribution < 1.29 is 19.1 Å². The lowest BCUT2D eigenvalue weighted by atomic mass is 10.0. The van der Waals surface area contributed by atoms with Crippen molar-refractivity contribution in [2.75, 3.05) is 19.6 Å². The molecule has 1 amide bonds. The van der Waals surface area contributed by atoms with Crippen LogP contribution in [0.3, 0.4) is 0 Å². The molecule has 0 spiro atoms. The molecule has 1 aliphatic heterocycles. The zero-order valence-corrected chi connectivity index (χ0v) is 10.9. The van der Waals surface area contributed by atoms with E-state index in [4.69, 9.17) is 9.52 Å². The molecule has 0 unspecified atom stereocenters. The quantitative estimate of drug-likeness (QED) is 0.855. The summed E-state index contributed by atoms with van der Waals surface area (Å²) in [5.74, 6) is -1.23. The maximum Gasteiger partial charge on any atom is 0.338 e. The second-order valence-corrected chi connectivity index (χ2v) is 4.58. The van der Waals surface area contributed by atoms with Gasteiger partial charge in [-0.2, -0.15) is 0 Å². The number of nitrogens with zero attached hydrogens (tertiary/aromatic N) is 1. The molecule has 6 heteroatoms. The fourth-order valence-electron chi connectivity index (χ4n) is 2.39. The molecule has 1 saturated heterocycles. The van der Waals surface area contributed by atoms with Crippen LogP contribution in [0.1, 0.15) is 40.7 Å². The highest BCUT2D eigenvalue weighted by Gasteiger charge is 2.27. The number of carboxylic acid groups (broad SMARTS) is 1. The van der Waals surface area contributed by atoms with Crippen molar-refractivity contribution >= 4 is 11.9 Å². The van der Waals surface area contributed by atoms with Crippen molar-refractivity contribution in [1.82, 2.24) is 10.2 Å². The van der Waals surface area contributed by atoms with E-state index in [9.17, 15) is 9.59 Å². The Morgan fingerprint density at radius 2 is 2.16 bits per heavy atom. The number of hydrogen-bond donors (Lipinski definition) is 2. The van der Waals surface area contributed by atoms with Gasteiger partial charge in [-0.1, -0.05) is 0 Å². The maximum absolute atomic E-state index is 12.3. The molecule has 19 heavy (non-hydrogen) atoms. The van der Waals surface area contributed by atoms with Crippen LogP contribution in [0.15, 0.2) is 16.7 Å². The van der Waals surface area contributed by atoms with Gasteiger partial charge >= 0.3 is 5.97 Å². The van der Waals surface area contributed by atoms with Gasteiger partial charge in [0.25, 0.3) is 5.91 Å². The Labute approximate surface area is 111 Å². The molecule has 0 aliphatic carbocycles. The van der Waals surface area contributed by atoms with E-state index < -0.39 is 5.97 Å². The summed E-state index contributed by atoms with van der Waals surface area (Å²) in [7, 11) is 0. The molecule has 0 atom stereocenters. The first-order valence-corrected chi connectivity index (χ1v) is 6.47. The minimum Gasteiger partial charge on any atom is -0.478 e. The summed E-state index contributed by atoms with van der Waals surface area (Å²) in [5, 5.41) is 12.1. The molecule has 2 rings (SSSR count). The highest BCUT2D eigenvalue weighted by Crippen LogP contribution is 2.17. The standard InChI is InChI=1S/C13H18N2O4/c1-2-15(10-3-5-14-6-4-10)12(16)11-7-9(8-19-11)13(17)18/h7-8,10,14H,2-6H2,1H3,(H,17,18). The molecular formula is C13H18N2O4. The number of aromatic carboxylic acids is 1. The number of nitrogens with one attached hydrogen (secondary N) is 1. The Bertz CT molecular complexity index is 463. The highest BCUT2D eigenvalue weighted by atomic mass is 16.4. The molecule has 6 nitrogen and oxygen atoms in total. The van der Waals surface area contributed by atoms with Gasteiger partial charge in [-0.3, -0.25) is 4.79 Å². The Morgan fingerprint density at radius 1 is 1.47 bits per heavy atom. The smallest absolute Gasteiger partial charge is 0.338 e. The van der Waals surface area contributed by atoms with Gasteiger partial charge in [-0.15, -0.1) is 0 Å². The zero-order chi connectivity index (χ0) is 13.8. The van der Waals surface area contributed by atoms with Crippen LogP contribution in [0.2, 0.25) is 0 Å². The Hall–Kier alpha value is -1.82. The van der Waals surface area contributed by atoms with Crippen LogP contribution in [0.5, 0.6) is 0 Å². The van der Waals surface area contributed by atoms with Crippen molar-refractivity contribution in [3.63, 3.8) is 0 Å². The number of piperidine rings is 1. The van der Waals surface area contributed by atoms with Gasteiger partial charge in [0.2, 0.25) is 0 Å². The van der Waals surface area contributed by atoms with E-state index in [0.717, 1.165) is 32.2 Å². The third-order valence-electron chi connectivity index (χ3n) is 3.41. The van der Waals surface area contributed by atoms with Crippen molar-refractivity contribution in [1.29, 1.82) is 0 Å². The van der Waals surface area contributed by atoms with Crippen molar-refractivity contribution in [3.8, 4) is 0 Å². The largest absolute Gasteiger partial charge is 0.478 e. The van der Waals surface area contributed by atoms with Crippen LogP contribution >= 0.6 is 0 Å². The number of hydrogen-bond acceptors (Lipinski definition) is 4. The average Bonchev–Trinajstić information content (AvgIpc) is 2.90. The van der Waals surface area contributed by atoms with Gasteiger partial charge < -0.3 is 19.7 Å². The molecule has 2 N–H and O–H groups in total. The second-order valence-electron chi connectivity index (χ2n) is 4.58. The van der Waals surface area contributed by atoms with E-state index in [0.29, 0.717) is 6.54 Å². The molecule has 0 aromatic carbocycles. The zero-order valence-electron chi connectivity index (χ0n) is 10.9. The van der Waals surface area contributed by atoms with E-state index in [1.54, 1.807) is 4.90 Å². The van der Waals surface area contributed by atoms with Gasteiger partial charge in [0, 0.05) is 18.7 Å². The molecule has 0 radical (unpaired) electrons. The van der Waals surface area contributed by atoms with Crippen LogP contribution < -0.4 is 5.32 Å². The van der Waals surface area contributed by atoms with Gasteiger partial charge in [-0.25, -0.2) is 4.79 Å². The normalized spacial score (nSPS) is 16.3. The molecule has 2 heterocycles.